The molecular weight excluding hydrogens is 224 g/mol. The maximum absolute atomic E-state index is 12.1. The number of hydrogen-bond donors (Lipinski definition) is 0. The van der Waals surface area contributed by atoms with Gasteiger partial charge in [-0.3, -0.25) is 4.79 Å². The highest BCUT2D eigenvalue weighted by atomic mass is 16.2. The molecule has 1 aromatic carbocycles. The van der Waals surface area contributed by atoms with Crippen LogP contribution in [-0.4, -0.2) is 23.9 Å². The first kappa shape index (κ1) is 14.2. The van der Waals surface area contributed by atoms with Crippen LogP contribution in [0.15, 0.2) is 30.3 Å². The van der Waals surface area contributed by atoms with E-state index in [1.54, 1.807) is 4.90 Å². The summed E-state index contributed by atoms with van der Waals surface area (Å²) in [6.07, 6.45) is 0.231. The minimum Gasteiger partial charge on any atom is -0.343 e. The summed E-state index contributed by atoms with van der Waals surface area (Å²) >= 11 is 0. The van der Waals surface area contributed by atoms with Crippen LogP contribution >= 0.6 is 0 Å². The Balaban J connectivity index is 2.92. The van der Waals surface area contributed by atoms with Crippen LogP contribution in [0.1, 0.15) is 32.8 Å². The van der Waals surface area contributed by atoms with Gasteiger partial charge in [0, 0.05) is 19.5 Å². The molecule has 96 valence electrons. The van der Waals surface area contributed by atoms with Crippen LogP contribution < -0.4 is 0 Å². The Morgan fingerprint density at radius 2 is 1.83 bits per heavy atom. The summed E-state index contributed by atoms with van der Waals surface area (Å²) in [6, 6.07) is 11.8. The van der Waals surface area contributed by atoms with Gasteiger partial charge in [-0.1, -0.05) is 30.3 Å². The SMILES string of the molecule is CCN(CC)C(=O)CC(C)(C#N)c1ccccc1. The molecule has 0 N–H and O–H groups in total. The Labute approximate surface area is 109 Å². The van der Waals surface area contributed by atoms with E-state index >= 15 is 0 Å². The third kappa shape index (κ3) is 3.10. The lowest BCUT2D eigenvalue weighted by Gasteiger charge is -2.26. The first-order valence-electron chi connectivity index (χ1n) is 6.32. The van der Waals surface area contributed by atoms with Crippen LogP contribution in [0.2, 0.25) is 0 Å². The van der Waals surface area contributed by atoms with E-state index in [-0.39, 0.29) is 12.3 Å². The van der Waals surface area contributed by atoms with E-state index in [0.717, 1.165) is 5.56 Å². The normalized spacial score (nSPS) is 13.4. The summed E-state index contributed by atoms with van der Waals surface area (Å²) in [5.74, 6) is 0.0351. The Hall–Kier alpha value is -1.82. The van der Waals surface area contributed by atoms with Crippen molar-refractivity contribution >= 4 is 5.91 Å². The number of nitriles is 1. The van der Waals surface area contributed by atoms with Crippen molar-refractivity contribution in [3.05, 3.63) is 35.9 Å². The maximum atomic E-state index is 12.1. The molecule has 3 heteroatoms. The van der Waals surface area contributed by atoms with Gasteiger partial charge in [-0.15, -0.1) is 0 Å². The van der Waals surface area contributed by atoms with Crippen molar-refractivity contribution in [3.63, 3.8) is 0 Å². The number of amides is 1. The predicted octanol–water partition coefficient (Wildman–Crippen LogP) is 2.73. The molecule has 0 heterocycles. The van der Waals surface area contributed by atoms with Crippen LogP contribution in [0.25, 0.3) is 0 Å². The number of benzene rings is 1. The first-order valence-corrected chi connectivity index (χ1v) is 6.32. The third-order valence-corrected chi connectivity index (χ3v) is 3.28. The molecule has 0 fully saturated rings. The van der Waals surface area contributed by atoms with Gasteiger partial charge in [0.1, 0.15) is 0 Å². The molecule has 0 aliphatic carbocycles. The van der Waals surface area contributed by atoms with E-state index < -0.39 is 5.41 Å². The van der Waals surface area contributed by atoms with Gasteiger partial charge in [-0.25, -0.2) is 0 Å². The smallest absolute Gasteiger partial charge is 0.224 e. The van der Waals surface area contributed by atoms with Crippen LogP contribution in [0, 0.1) is 11.3 Å². The number of carbonyl (C=O) groups excluding carboxylic acids is 1. The Morgan fingerprint density at radius 1 is 1.28 bits per heavy atom. The van der Waals surface area contributed by atoms with Crippen LogP contribution in [0.3, 0.4) is 0 Å². The summed E-state index contributed by atoms with van der Waals surface area (Å²) in [5.41, 5.74) is 0.147. The van der Waals surface area contributed by atoms with Crippen molar-refractivity contribution in [2.45, 2.75) is 32.6 Å². The van der Waals surface area contributed by atoms with Gasteiger partial charge in [-0.2, -0.15) is 5.26 Å². The van der Waals surface area contributed by atoms with Gasteiger partial charge >= 0.3 is 0 Å². The minimum atomic E-state index is -0.749. The number of rotatable bonds is 5. The second-order valence-electron chi connectivity index (χ2n) is 4.55. The lowest BCUT2D eigenvalue weighted by atomic mass is 9.80. The number of carbonyl (C=O) groups is 1. The maximum Gasteiger partial charge on any atom is 0.224 e. The fraction of sp³-hybridized carbons (Fsp3) is 0.467. The zero-order valence-electron chi connectivity index (χ0n) is 11.3. The standard InChI is InChI=1S/C15H20N2O/c1-4-17(5-2)14(18)11-15(3,12-16)13-9-7-6-8-10-13/h6-10H,4-5,11H2,1-3H3. The molecule has 1 unspecified atom stereocenters. The summed E-state index contributed by atoms with van der Waals surface area (Å²) in [5, 5.41) is 9.39. The lowest BCUT2D eigenvalue weighted by Crippen LogP contribution is -2.35. The van der Waals surface area contributed by atoms with E-state index in [1.165, 1.54) is 0 Å². The van der Waals surface area contributed by atoms with Gasteiger partial charge in [0.05, 0.1) is 11.5 Å². The van der Waals surface area contributed by atoms with Crippen molar-refractivity contribution in [3.8, 4) is 6.07 Å². The number of nitrogens with zero attached hydrogens (tertiary/aromatic N) is 2. The fourth-order valence-electron chi connectivity index (χ4n) is 2.00. The second kappa shape index (κ2) is 6.20. The van der Waals surface area contributed by atoms with Crippen molar-refractivity contribution in [2.75, 3.05) is 13.1 Å². The second-order valence-corrected chi connectivity index (χ2v) is 4.55. The van der Waals surface area contributed by atoms with Crippen LogP contribution in [-0.2, 0) is 10.2 Å². The largest absolute Gasteiger partial charge is 0.343 e. The summed E-state index contributed by atoms with van der Waals surface area (Å²) < 4.78 is 0. The average molecular weight is 244 g/mol. The average Bonchev–Trinajstić information content (AvgIpc) is 2.41. The molecule has 18 heavy (non-hydrogen) atoms. The Bertz CT molecular complexity index is 432. The summed E-state index contributed by atoms with van der Waals surface area (Å²) in [7, 11) is 0. The van der Waals surface area contributed by atoms with Gasteiger partial charge in [0.2, 0.25) is 5.91 Å². The highest BCUT2D eigenvalue weighted by Crippen LogP contribution is 2.27. The predicted molar refractivity (Wildman–Crippen MR) is 72.0 cm³/mol. The van der Waals surface area contributed by atoms with E-state index in [1.807, 2.05) is 51.1 Å². The molecule has 1 atom stereocenters. The fourth-order valence-corrected chi connectivity index (χ4v) is 2.00. The van der Waals surface area contributed by atoms with E-state index in [4.69, 9.17) is 0 Å². The molecule has 0 aliphatic rings. The Morgan fingerprint density at radius 3 is 2.28 bits per heavy atom. The minimum absolute atomic E-state index is 0.0351. The molecule has 0 radical (unpaired) electrons. The molecule has 1 aromatic rings. The Kier molecular flexibility index (Phi) is 4.91. The molecule has 0 saturated carbocycles. The topological polar surface area (TPSA) is 44.1 Å². The van der Waals surface area contributed by atoms with Gasteiger partial charge in [-0.05, 0) is 26.3 Å². The molecule has 1 rings (SSSR count). The van der Waals surface area contributed by atoms with E-state index in [2.05, 4.69) is 6.07 Å². The highest BCUT2D eigenvalue weighted by molar-refractivity contribution is 5.78. The van der Waals surface area contributed by atoms with E-state index in [0.29, 0.717) is 13.1 Å². The van der Waals surface area contributed by atoms with Crippen LogP contribution in [0.4, 0.5) is 0 Å². The lowest BCUT2D eigenvalue weighted by molar-refractivity contribution is -0.131. The van der Waals surface area contributed by atoms with Crippen molar-refractivity contribution < 1.29 is 4.79 Å². The summed E-state index contributed by atoms with van der Waals surface area (Å²) in [4.78, 5) is 13.9. The molecular formula is C15H20N2O. The highest BCUT2D eigenvalue weighted by Gasteiger charge is 2.30. The molecule has 0 bridgehead atoms. The molecule has 0 aliphatic heterocycles. The van der Waals surface area contributed by atoms with Gasteiger partial charge in [0.25, 0.3) is 0 Å². The van der Waals surface area contributed by atoms with E-state index in [9.17, 15) is 10.1 Å². The molecule has 1 amide bonds. The van der Waals surface area contributed by atoms with Crippen LogP contribution in [0.5, 0.6) is 0 Å². The van der Waals surface area contributed by atoms with Crippen molar-refractivity contribution in [1.29, 1.82) is 5.26 Å². The van der Waals surface area contributed by atoms with Gasteiger partial charge in [0.15, 0.2) is 0 Å². The molecule has 3 nitrogen and oxygen atoms in total. The quantitative estimate of drug-likeness (QED) is 0.799. The van der Waals surface area contributed by atoms with Crippen molar-refractivity contribution in [1.82, 2.24) is 4.90 Å². The molecule has 0 aromatic heterocycles. The van der Waals surface area contributed by atoms with Crippen molar-refractivity contribution in [2.24, 2.45) is 0 Å². The summed E-state index contributed by atoms with van der Waals surface area (Å²) in [6.45, 7) is 7.10. The monoisotopic (exact) mass is 244 g/mol. The number of hydrogen-bond acceptors (Lipinski definition) is 2. The van der Waals surface area contributed by atoms with Gasteiger partial charge < -0.3 is 4.90 Å². The molecule has 0 saturated heterocycles. The molecule has 0 spiro atoms. The third-order valence-electron chi connectivity index (χ3n) is 3.28. The zero-order valence-corrected chi connectivity index (χ0v) is 11.3. The zero-order chi connectivity index (χ0) is 13.6. The first-order chi connectivity index (χ1) is 8.57.